The predicted molar refractivity (Wildman–Crippen MR) is 163 cm³/mol. The Morgan fingerprint density at radius 3 is 2.38 bits per heavy atom. The van der Waals surface area contributed by atoms with Gasteiger partial charge in [-0.05, 0) is 91.4 Å². The number of ketones is 1. The van der Waals surface area contributed by atoms with Crippen molar-refractivity contribution >= 4 is 28.7 Å². The van der Waals surface area contributed by atoms with Crippen LogP contribution in [0.15, 0.2) is 96.7 Å². The van der Waals surface area contributed by atoms with E-state index in [2.05, 4.69) is 37.5 Å². The fourth-order valence-electron chi connectivity index (χ4n) is 4.19. The molecule has 0 spiro atoms. The van der Waals surface area contributed by atoms with Gasteiger partial charge >= 0.3 is 0 Å². The zero-order valence-electron chi connectivity index (χ0n) is 23.4. The second-order valence-electron chi connectivity index (χ2n) is 9.74. The number of aliphatic imine (C=N–C) groups is 1. The molecule has 0 aliphatic carbocycles. The van der Waals surface area contributed by atoms with Crippen molar-refractivity contribution < 1.29 is 14.0 Å². The van der Waals surface area contributed by atoms with E-state index >= 15 is 0 Å². The lowest BCUT2D eigenvalue weighted by molar-refractivity contribution is -0.112. The average molecular weight is 538 g/mol. The summed E-state index contributed by atoms with van der Waals surface area (Å²) >= 11 is 0. The third-order valence-corrected chi connectivity index (χ3v) is 6.41. The summed E-state index contributed by atoms with van der Waals surface area (Å²) in [6.45, 7) is 13.7. The molecule has 40 heavy (non-hydrogen) atoms. The number of hydrogen-bond acceptors (Lipinski definition) is 4. The largest absolute Gasteiger partial charge is 0.398 e. The van der Waals surface area contributed by atoms with Crippen LogP contribution < -0.4 is 11.1 Å². The van der Waals surface area contributed by atoms with E-state index in [4.69, 9.17) is 10.7 Å². The first-order chi connectivity index (χ1) is 19.1. The Bertz CT molecular complexity index is 1500. The number of halogens is 1. The highest BCUT2D eigenvalue weighted by Gasteiger charge is 2.11. The fourth-order valence-corrected chi connectivity index (χ4v) is 4.19. The minimum atomic E-state index is -0.339. The van der Waals surface area contributed by atoms with Crippen LogP contribution in [0.5, 0.6) is 0 Å². The van der Waals surface area contributed by atoms with E-state index in [1.807, 2.05) is 24.3 Å². The highest BCUT2D eigenvalue weighted by Crippen LogP contribution is 2.25. The van der Waals surface area contributed by atoms with Gasteiger partial charge in [0.05, 0.1) is 5.71 Å². The van der Waals surface area contributed by atoms with Gasteiger partial charge in [0.15, 0.2) is 5.78 Å². The quantitative estimate of drug-likeness (QED) is 0.151. The zero-order chi connectivity index (χ0) is 29.2. The van der Waals surface area contributed by atoms with Crippen molar-refractivity contribution in [1.29, 1.82) is 0 Å². The number of anilines is 1. The first kappa shape index (κ1) is 30.0. The topological polar surface area (TPSA) is 84.6 Å². The van der Waals surface area contributed by atoms with Gasteiger partial charge in [-0.15, -0.1) is 0 Å². The van der Waals surface area contributed by atoms with Crippen molar-refractivity contribution in [3.8, 4) is 0 Å². The predicted octanol–water partition coefficient (Wildman–Crippen LogP) is 6.80. The van der Waals surface area contributed by atoms with Crippen molar-refractivity contribution in [3.63, 3.8) is 0 Å². The number of nitrogen functional groups attached to an aromatic ring is 1. The molecular weight excluding hydrogens is 501 g/mol. The van der Waals surface area contributed by atoms with Gasteiger partial charge in [-0.3, -0.25) is 14.6 Å². The minimum Gasteiger partial charge on any atom is -0.398 e. The van der Waals surface area contributed by atoms with Crippen molar-refractivity contribution in [2.24, 2.45) is 4.99 Å². The van der Waals surface area contributed by atoms with Gasteiger partial charge in [0.25, 0.3) is 5.91 Å². The number of benzene rings is 3. The molecule has 0 fully saturated rings. The summed E-state index contributed by atoms with van der Waals surface area (Å²) in [5.74, 6) is -0.636. The van der Waals surface area contributed by atoms with E-state index in [1.54, 1.807) is 31.2 Å². The summed E-state index contributed by atoms with van der Waals surface area (Å²) in [7, 11) is 0. The Morgan fingerprint density at radius 2 is 1.68 bits per heavy atom. The van der Waals surface area contributed by atoms with E-state index in [-0.39, 0.29) is 17.5 Å². The first-order valence-electron chi connectivity index (χ1n) is 13.2. The first-order valence-corrected chi connectivity index (χ1v) is 13.2. The van der Waals surface area contributed by atoms with E-state index < -0.39 is 0 Å². The normalized spacial score (nSPS) is 11.4. The number of nitrogens with one attached hydrogen (secondary N) is 1. The Hall–Kier alpha value is -4.58. The van der Waals surface area contributed by atoms with Crippen LogP contribution in [-0.4, -0.2) is 23.9 Å². The SMILES string of the molecule is C=C(Cc1cccc(C(=O)NCCC(=C)c2cc(F)c(C)cc2N)c1)N=C(C=CC(C)=O)c1cccc(CC)c1. The molecule has 206 valence electrons. The molecule has 3 N–H and O–H groups in total. The number of carbonyl (C=O) groups excluding carboxylic acids is 2. The molecule has 0 aliphatic rings. The van der Waals surface area contributed by atoms with Crippen LogP contribution in [0.1, 0.15) is 58.4 Å². The number of nitrogens with zero attached hydrogens (tertiary/aromatic N) is 1. The lowest BCUT2D eigenvalue weighted by Crippen LogP contribution is -2.24. The monoisotopic (exact) mass is 537 g/mol. The lowest BCUT2D eigenvalue weighted by atomic mass is 10.0. The van der Waals surface area contributed by atoms with Gasteiger partial charge in [-0.1, -0.05) is 50.4 Å². The van der Waals surface area contributed by atoms with E-state index in [0.717, 1.165) is 17.5 Å². The van der Waals surface area contributed by atoms with Crippen molar-refractivity contribution in [2.75, 3.05) is 12.3 Å². The van der Waals surface area contributed by atoms with E-state index in [0.29, 0.717) is 58.7 Å². The summed E-state index contributed by atoms with van der Waals surface area (Å²) in [5, 5.41) is 2.89. The van der Waals surface area contributed by atoms with Gasteiger partial charge in [-0.2, -0.15) is 0 Å². The van der Waals surface area contributed by atoms with Gasteiger partial charge in [-0.25, -0.2) is 4.39 Å². The van der Waals surface area contributed by atoms with Gasteiger partial charge in [0.1, 0.15) is 5.82 Å². The summed E-state index contributed by atoms with van der Waals surface area (Å²) in [5.41, 5.74) is 12.9. The lowest BCUT2D eigenvalue weighted by Gasteiger charge is -2.12. The molecule has 3 aromatic rings. The Balaban J connectivity index is 1.67. The summed E-state index contributed by atoms with van der Waals surface area (Å²) < 4.78 is 14.0. The molecule has 0 atom stereocenters. The van der Waals surface area contributed by atoms with Crippen LogP contribution in [0, 0.1) is 12.7 Å². The van der Waals surface area contributed by atoms with Crippen LogP contribution >= 0.6 is 0 Å². The molecule has 0 saturated heterocycles. The number of allylic oxidation sites excluding steroid dienone is 3. The standard InChI is InChI=1S/C34H36FN3O2/c1-6-26-9-7-11-28(19-26)33(14-13-25(5)39)38-24(4)18-27-10-8-12-29(20-27)34(40)37-16-15-22(2)30-21-31(35)23(3)17-32(30)36/h7-14,17,19-21H,2,4,6,15-16,18,36H2,1,3,5H3,(H,37,40). The molecule has 0 saturated carbocycles. The molecule has 0 bridgehead atoms. The molecule has 0 aromatic heterocycles. The summed E-state index contributed by atoms with van der Waals surface area (Å²) in [6, 6.07) is 18.3. The average Bonchev–Trinajstić information content (AvgIpc) is 2.92. The van der Waals surface area contributed by atoms with Crippen LogP contribution in [0.2, 0.25) is 0 Å². The van der Waals surface area contributed by atoms with Gasteiger partial charge in [0, 0.05) is 41.0 Å². The number of nitrogens with two attached hydrogens (primary N) is 1. The van der Waals surface area contributed by atoms with E-state index in [1.165, 1.54) is 24.6 Å². The minimum absolute atomic E-state index is 0.0678. The molecule has 0 unspecified atom stereocenters. The highest BCUT2D eigenvalue weighted by molar-refractivity contribution is 6.11. The molecule has 0 radical (unpaired) electrons. The number of hydrogen-bond donors (Lipinski definition) is 2. The fraction of sp³-hybridized carbons (Fsp3) is 0.206. The molecule has 3 rings (SSSR count). The van der Waals surface area contributed by atoms with Crippen molar-refractivity contribution in [3.05, 3.63) is 131 Å². The molecule has 1 amide bonds. The molecule has 5 nitrogen and oxygen atoms in total. The van der Waals surface area contributed by atoms with Crippen LogP contribution in [0.4, 0.5) is 10.1 Å². The van der Waals surface area contributed by atoms with Crippen molar-refractivity contribution in [1.82, 2.24) is 5.32 Å². The molecule has 6 heteroatoms. The Labute approximate surface area is 236 Å². The molecule has 3 aromatic carbocycles. The summed E-state index contributed by atoms with van der Waals surface area (Å²) in [6.07, 6.45) is 4.95. The zero-order valence-corrected chi connectivity index (χ0v) is 23.4. The molecule has 0 heterocycles. The van der Waals surface area contributed by atoms with Gasteiger partial charge < -0.3 is 11.1 Å². The van der Waals surface area contributed by atoms with Crippen molar-refractivity contribution in [2.45, 2.75) is 40.0 Å². The Morgan fingerprint density at radius 1 is 1.00 bits per heavy atom. The van der Waals surface area contributed by atoms with Crippen LogP contribution in [0.3, 0.4) is 0 Å². The Kier molecular flexibility index (Phi) is 10.5. The molecule has 0 aliphatic heterocycles. The number of carbonyl (C=O) groups is 2. The third kappa shape index (κ3) is 8.46. The molecular formula is C34H36FN3O2. The maximum atomic E-state index is 14.0. The van der Waals surface area contributed by atoms with E-state index in [9.17, 15) is 14.0 Å². The number of aryl methyl sites for hydroxylation is 2. The number of amides is 1. The summed E-state index contributed by atoms with van der Waals surface area (Å²) in [4.78, 5) is 29.1. The maximum Gasteiger partial charge on any atom is 0.251 e. The maximum absolute atomic E-state index is 14.0. The van der Waals surface area contributed by atoms with Crippen LogP contribution in [-0.2, 0) is 17.6 Å². The number of rotatable bonds is 12. The third-order valence-electron chi connectivity index (χ3n) is 6.41. The van der Waals surface area contributed by atoms with Gasteiger partial charge in [0.2, 0.25) is 0 Å². The highest BCUT2D eigenvalue weighted by atomic mass is 19.1. The second-order valence-corrected chi connectivity index (χ2v) is 9.74. The smallest absolute Gasteiger partial charge is 0.251 e. The van der Waals surface area contributed by atoms with Crippen LogP contribution in [0.25, 0.3) is 5.57 Å². The second kappa shape index (κ2) is 14.0.